The fraction of sp³-hybridized carbons (Fsp3) is 0.500. The average Bonchev–Trinajstić information content (AvgIpc) is 2.83. The van der Waals surface area contributed by atoms with Crippen molar-refractivity contribution in [2.75, 3.05) is 27.4 Å². The van der Waals surface area contributed by atoms with Gasteiger partial charge in [0.15, 0.2) is 0 Å². The largest absolute Gasteiger partial charge is 0.383 e. The first-order valence-corrected chi connectivity index (χ1v) is 12.7. The van der Waals surface area contributed by atoms with E-state index in [1.54, 1.807) is 0 Å². The average molecular weight is 467 g/mol. The zero-order valence-electron chi connectivity index (χ0n) is 21.5. The number of carbonyl (C=O) groups is 2. The molecule has 3 N–H and O–H groups in total. The second-order valence-corrected chi connectivity index (χ2v) is 8.99. The van der Waals surface area contributed by atoms with E-state index in [4.69, 9.17) is 0 Å². The Morgan fingerprint density at radius 1 is 0.824 bits per heavy atom. The van der Waals surface area contributed by atoms with Crippen molar-refractivity contribution in [3.63, 3.8) is 0 Å². The standard InChI is InChI=1S/C28H42N4O2/c1-6-9-18-32(22(5)8-3)26-15-11-14-25(20-26)31-28(34)17-16-27(33)30-24-13-10-12-23(19-24)29-21(4)7-2/h10-15,19-22,29H,6-9,16-18H2,1-5H3,(H,30,33)(H,31,34). The SMILES string of the molecule is CCCCN(c1cccc(NC(=O)CCC(=O)Nc2cccc(NC(C)CC)c2)c1)C(C)CC. The van der Waals surface area contributed by atoms with Crippen molar-refractivity contribution in [2.45, 2.75) is 85.2 Å². The van der Waals surface area contributed by atoms with Crippen molar-refractivity contribution >= 4 is 34.6 Å². The van der Waals surface area contributed by atoms with E-state index in [-0.39, 0.29) is 24.7 Å². The molecule has 6 heteroatoms. The van der Waals surface area contributed by atoms with Crippen LogP contribution < -0.4 is 20.9 Å². The molecule has 34 heavy (non-hydrogen) atoms. The third-order valence-corrected chi connectivity index (χ3v) is 6.09. The lowest BCUT2D eigenvalue weighted by atomic mass is 10.1. The van der Waals surface area contributed by atoms with Crippen LogP contribution in [0.15, 0.2) is 48.5 Å². The highest BCUT2D eigenvalue weighted by molar-refractivity contribution is 5.97. The van der Waals surface area contributed by atoms with Gasteiger partial charge in [-0.2, -0.15) is 0 Å². The fourth-order valence-electron chi connectivity index (χ4n) is 3.66. The number of hydrogen-bond donors (Lipinski definition) is 3. The van der Waals surface area contributed by atoms with Crippen molar-refractivity contribution in [2.24, 2.45) is 0 Å². The first-order valence-electron chi connectivity index (χ1n) is 12.7. The van der Waals surface area contributed by atoms with E-state index < -0.39 is 0 Å². The monoisotopic (exact) mass is 466 g/mol. The number of carbonyl (C=O) groups excluding carboxylic acids is 2. The second-order valence-electron chi connectivity index (χ2n) is 8.99. The number of anilines is 4. The van der Waals surface area contributed by atoms with Gasteiger partial charge < -0.3 is 20.9 Å². The van der Waals surface area contributed by atoms with Crippen LogP contribution in [0.4, 0.5) is 22.7 Å². The Kier molecular flexibility index (Phi) is 11.4. The van der Waals surface area contributed by atoms with Gasteiger partial charge in [0.1, 0.15) is 0 Å². The number of hydrogen-bond acceptors (Lipinski definition) is 4. The number of rotatable bonds is 14. The summed E-state index contributed by atoms with van der Waals surface area (Å²) in [4.78, 5) is 27.3. The lowest BCUT2D eigenvalue weighted by molar-refractivity contribution is -0.121. The second kappa shape index (κ2) is 14.3. The van der Waals surface area contributed by atoms with Crippen LogP contribution in [0.2, 0.25) is 0 Å². The van der Waals surface area contributed by atoms with Gasteiger partial charge in [0.25, 0.3) is 0 Å². The molecule has 2 unspecified atom stereocenters. The van der Waals surface area contributed by atoms with Gasteiger partial charge in [-0.1, -0.05) is 39.3 Å². The van der Waals surface area contributed by atoms with E-state index in [1.165, 1.54) is 0 Å². The molecule has 2 aromatic rings. The topological polar surface area (TPSA) is 73.5 Å². The van der Waals surface area contributed by atoms with Gasteiger partial charge in [0.2, 0.25) is 11.8 Å². The first kappa shape index (κ1) is 27.2. The highest BCUT2D eigenvalue weighted by atomic mass is 16.2. The Morgan fingerprint density at radius 3 is 2.00 bits per heavy atom. The molecule has 0 heterocycles. The molecule has 0 radical (unpaired) electrons. The number of nitrogens with one attached hydrogen (secondary N) is 3. The Morgan fingerprint density at radius 2 is 1.41 bits per heavy atom. The van der Waals surface area contributed by atoms with Gasteiger partial charge in [-0.25, -0.2) is 0 Å². The van der Waals surface area contributed by atoms with E-state index in [2.05, 4.69) is 61.5 Å². The van der Waals surface area contributed by atoms with Crippen LogP contribution in [0, 0.1) is 0 Å². The Labute approximate surface area is 205 Å². The van der Waals surface area contributed by atoms with Crippen molar-refractivity contribution in [1.29, 1.82) is 0 Å². The number of benzene rings is 2. The van der Waals surface area contributed by atoms with Crippen LogP contribution in [0.1, 0.15) is 73.1 Å². The quantitative estimate of drug-likeness (QED) is 0.291. The maximum absolute atomic E-state index is 12.5. The minimum absolute atomic E-state index is 0.129. The molecule has 0 saturated carbocycles. The summed E-state index contributed by atoms with van der Waals surface area (Å²) in [6.45, 7) is 11.9. The van der Waals surface area contributed by atoms with E-state index in [9.17, 15) is 9.59 Å². The lowest BCUT2D eigenvalue weighted by Gasteiger charge is -2.31. The smallest absolute Gasteiger partial charge is 0.224 e. The predicted octanol–water partition coefficient (Wildman–Crippen LogP) is 6.66. The van der Waals surface area contributed by atoms with Gasteiger partial charge in [-0.15, -0.1) is 0 Å². The zero-order valence-corrected chi connectivity index (χ0v) is 21.5. The molecule has 0 fully saturated rings. The van der Waals surface area contributed by atoms with E-state index in [0.29, 0.717) is 12.1 Å². The lowest BCUT2D eigenvalue weighted by Crippen LogP contribution is -2.33. The van der Waals surface area contributed by atoms with E-state index in [1.807, 2.05) is 42.5 Å². The van der Waals surface area contributed by atoms with Gasteiger partial charge in [-0.3, -0.25) is 9.59 Å². The van der Waals surface area contributed by atoms with Crippen LogP contribution in [-0.2, 0) is 9.59 Å². The third-order valence-electron chi connectivity index (χ3n) is 6.09. The Hall–Kier alpha value is -3.02. The fourth-order valence-corrected chi connectivity index (χ4v) is 3.66. The summed E-state index contributed by atoms with van der Waals surface area (Å²) >= 11 is 0. The predicted molar refractivity (Wildman–Crippen MR) is 145 cm³/mol. The van der Waals surface area contributed by atoms with Crippen LogP contribution in [0.25, 0.3) is 0 Å². The van der Waals surface area contributed by atoms with E-state index in [0.717, 1.165) is 55.0 Å². The Balaban J connectivity index is 1.90. The minimum atomic E-state index is -0.174. The summed E-state index contributed by atoms with van der Waals surface area (Å²) in [6, 6.07) is 16.4. The van der Waals surface area contributed by atoms with Crippen molar-refractivity contribution in [3.05, 3.63) is 48.5 Å². The molecule has 0 aliphatic heterocycles. The summed E-state index contributed by atoms with van der Waals surface area (Å²) in [5.74, 6) is -0.338. The van der Waals surface area contributed by atoms with Gasteiger partial charge in [-0.05, 0) is 69.5 Å². The maximum Gasteiger partial charge on any atom is 0.224 e. The summed E-state index contributed by atoms with van der Waals surface area (Å²) in [7, 11) is 0. The molecule has 186 valence electrons. The van der Waals surface area contributed by atoms with Gasteiger partial charge >= 0.3 is 0 Å². The summed E-state index contributed by atoms with van der Waals surface area (Å²) in [6.07, 6.45) is 4.61. The number of unbranched alkanes of at least 4 members (excludes halogenated alkanes) is 1. The zero-order chi connectivity index (χ0) is 24.9. The molecule has 2 aromatic carbocycles. The van der Waals surface area contributed by atoms with Gasteiger partial charge in [0, 0.05) is 54.2 Å². The van der Waals surface area contributed by atoms with Crippen LogP contribution in [0.3, 0.4) is 0 Å². The minimum Gasteiger partial charge on any atom is -0.383 e. The number of amides is 2. The molecule has 2 rings (SSSR count). The molecule has 0 saturated heterocycles. The molecule has 0 bridgehead atoms. The molecule has 0 aliphatic carbocycles. The van der Waals surface area contributed by atoms with Crippen molar-refractivity contribution in [1.82, 2.24) is 0 Å². The Bertz CT molecular complexity index is 915. The first-order chi connectivity index (χ1) is 16.4. The molecule has 6 nitrogen and oxygen atoms in total. The molecule has 2 atom stereocenters. The van der Waals surface area contributed by atoms with Crippen LogP contribution >= 0.6 is 0 Å². The van der Waals surface area contributed by atoms with Crippen molar-refractivity contribution < 1.29 is 9.59 Å². The summed E-state index contributed by atoms with van der Waals surface area (Å²) in [5.41, 5.74) is 3.57. The maximum atomic E-state index is 12.5. The molecule has 0 spiro atoms. The van der Waals surface area contributed by atoms with Gasteiger partial charge in [0.05, 0.1) is 0 Å². The molecule has 2 amide bonds. The number of nitrogens with zero attached hydrogens (tertiary/aromatic N) is 1. The van der Waals surface area contributed by atoms with Crippen LogP contribution in [-0.4, -0.2) is 30.4 Å². The summed E-state index contributed by atoms with van der Waals surface area (Å²) < 4.78 is 0. The van der Waals surface area contributed by atoms with Crippen LogP contribution in [0.5, 0.6) is 0 Å². The molecule has 0 aliphatic rings. The molecular formula is C28H42N4O2. The highest BCUT2D eigenvalue weighted by Crippen LogP contribution is 2.23. The third kappa shape index (κ3) is 9.08. The normalized spacial score (nSPS) is 12.5. The van der Waals surface area contributed by atoms with Crippen molar-refractivity contribution in [3.8, 4) is 0 Å². The highest BCUT2D eigenvalue weighted by Gasteiger charge is 2.14. The molecule has 0 aromatic heterocycles. The molecular weight excluding hydrogens is 424 g/mol. The van der Waals surface area contributed by atoms with E-state index >= 15 is 0 Å². The summed E-state index contributed by atoms with van der Waals surface area (Å²) in [5, 5.41) is 9.24.